The zero-order chi connectivity index (χ0) is 46.2. The molecule has 1 aliphatic carbocycles. The van der Waals surface area contributed by atoms with Crippen molar-refractivity contribution in [3.8, 4) is 44.5 Å². The van der Waals surface area contributed by atoms with Crippen molar-refractivity contribution < 1.29 is 4.42 Å². The topological polar surface area (TPSA) is 19.6 Å². The molecule has 0 radical (unpaired) electrons. The second kappa shape index (κ2) is 16.0. The second-order valence-corrected chi connectivity index (χ2v) is 18.3. The van der Waals surface area contributed by atoms with E-state index >= 15 is 0 Å². The molecule has 3 nitrogen and oxygen atoms in total. The Morgan fingerprint density at radius 1 is 0.329 bits per heavy atom. The summed E-state index contributed by atoms with van der Waals surface area (Å²) in [6.07, 6.45) is 0. The fourth-order valence-electron chi connectivity index (χ4n) is 11.8. The highest BCUT2D eigenvalue weighted by Gasteiger charge is 2.52. The molecule has 0 amide bonds. The molecule has 70 heavy (non-hydrogen) atoms. The first-order chi connectivity index (χ1) is 34.8. The summed E-state index contributed by atoms with van der Waals surface area (Å²) in [7, 11) is 0. The lowest BCUT2D eigenvalue weighted by Crippen LogP contribution is -2.36. The van der Waals surface area contributed by atoms with E-state index in [9.17, 15) is 0 Å². The maximum Gasteiger partial charge on any atom is 0.143 e. The summed E-state index contributed by atoms with van der Waals surface area (Å²) < 4.78 is 6.79. The van der Waals surface area contributed by atoms with Gasteiger partial charge in [0.2, 0.25) is 0 Å². The Morgan fingerprint density at radius 3 is 1.63 bits per heavy atom. The molecular formula is C67H44N2O. The molecule has 1 spiro atoms. The highest BCUT2D eigenvalue weighted by atomic mass is 16.3. The van der Waals surface area contributed by atoms with Gasteiger partial charge in [0.1, 0.15) is 11.2 Å². The SMILES string of the molecule is c1ccc(-c2cccc(-c3ccccc3N(c3ccc4c(c3)C3(c5ccccc5-4)c4ccccc4N(c4ccccc4)c4ccccc43)c3ccccc3-c3cccc4c3oc3ccccc34)c2)cc1. The van der Waals surface area contributed by atoms with E-state index in [0.717, 1.165) is 66.9 Å². The van der Waals surface area contributed by atoms with Crippen LogP contribution in [0.2, 0.25) is 0 Å². The van der Waals surface area contributed by atoms with Crippen LogP contribution in [0.1, 0.15) is 22.3 Å². The van der Waals surface area contributed by atoms with E-state index in [0.29, 0.717) is 0 Å². The standard InChI is InChI=1S/C67H44N2O/c1-3-21-45(22-4-1)46-23-19-24-47(43-46)50-27-8-14-36-61(50)69(62-37-15-9-29-53(62)55-31-20-32-56-54-30-10-18-40-65(54)70-66(55)56)49-41-42-52-51-28-7-11-33-57(51)67(60(52)44-49)58-34-12-16-38-63(58)68(48-25-5-2-6-26-48)64-39-17-13-35-59(64)67/h1-44H. The van der Waals surface area contributed by atoms with E-state index in [-0.39, 0.29) is 0 Å². The molecule has 0 saturated carbocycles. The minimum absolute atomic E-state index is 0.630. The van der Waals surface area contributed by atoms with E-state index in [2.05, 4.69) is 271 Å². The number of furan rings is 1. The smallest absolute Gasteiger partial charge is 0.143 e. The Labute approximate surface area is 407 Å². The molecule has 3 heteroatoms. The summed E-state index contributed by atoms with van der Waals surface area (Å²) in [5, 5.41) is 2.21. The number of hydrogen-bond donors (Lipinski definition) is 0. The third-order valence-corrected chi connectivity index (χ3v) is 14.7. The van der Waals surface area contributed by atoms with Crippen LogP contribution in [0.4, 0.5) is 34.1 Å². The first-order valence-corrected chi connectivity index (χ1v) is 24.1. The van der Waals surface area contributed by atoms with Crippen LogP contribution in [0.5, 0.6) is 0 Å². The molecular weight excluding hydrogens is 849 g/mol. The Balaban J connectivity index is 1.05. The van der Waals surface area contributed by atoms with Crippen LogP contribution in [0, 0.1) is 0 Å². The molecule has 11 aromatic carbocycles. The number of para-hydroxylation sites is 7. The van der Waals surface area contributed by atoms with Crippen molar-refractivity contribution in [2.75, 3.05) is 9.80 Å². The normalized spacial score (nSPS) is 12.9. The molecule has 328 valence electrons. The van der Waals surface area contributed by atoms with Gasteiger partial charge in [0, 0.05) is 38.8 Å². The van der Waals surface area contributed by atoms with Gasteiger partial charge in [0.05, 0.1) is 28.2 Å². The van der Waals surface area contributed by atoms with E-state index in [1.807, 2.05) is 6.07 Å². The third-order valence-electron chi connectivity index (χ3n) is 14.7. The average molecular weight is 893 g/mol. The van der Waals surface area contributed by atoms with Gasteiger partial charge >= 0.3 is 0 Å². The van der Waals surface area contributed by atoms with Crippen molar-refractivity contribution in [3.05, 3.63) is 289 Å². The lowest BCUT2D eigenvalue weighted by Gasteiger charge is -2.45. The van der Waals surface area contributed by atoms with Crippen LogP contribution >= 0.6 is 0 Å². The van der Waals surface area contributed by atoms with Crippen LogP contribution in [-0.2, 0) is 5.41 Å². The van der Waals surface area contributed by atoms with E-state index in [1.54, 1.807) is 0 Å². The molecule has 0 atom stereocenters. The highest BCUT2D eigenvalue weighted by molar-refractivity contribution is 6.11. The molecule has 1 aromatic heterocycles. The van der Waals surface area contributed by atoms with E-state index in [1.165, 1.54) is 55.9 Å². The predicted octanol–water partition coefficient (Wildman–Crippen LogP) is 18.2. The Morgan fingerprint density at radius 2 is 0.857 bits per heavy atom. The Hall–Kier alpha value is -9.18. The molecule has 0 fully saturated rings. The monoisotopic (exact) mass is 892 g/mol. The molecule has 0 unspecified atom stereocenters. The molecule has 0 N–H and O–H groups in total. The van der Waals surface area contributed by atoms with Gasteiger partial charge in [0.15, 0.2) is 0 Å². The number of benzene rings is 11. The van der Waals surface area contributed by atoms with Crippen molar-refractivity contribution in [1.29, 1.82) is 0 Å². The van der Waals surface area contributed by atoms with Gasteiger partial charge in [-0.15, -0.1) is 0 Å². The van der Waals surface area contributed by atoms with Crippen molar-refractivity contribution in [2.24, 2.45) is 0 Å². The van der Waals surface area contributed by atoms with Crippen molar-refractivity contribution in [3.63, 3.8) is 0 Å². The molecule has 1 aliphatic heterocycles. The van der Waals surface area contributed by atoms with E-state index in [4.69, 9.17) is 4.42 Å². The second-order valence-electron chi connectivity index (χ2n) is 18.3. The lowest BCUT2D eigenvalue weighted by molar-refractivity contribution is 0.670. The van der Waals surface area contributed by atoms with Crippen LogP contribution in [0.3, 0.4) is 0 Å². The van der Waals surface area contributed by atoms with Gasteiger partial charge in [-0.2, -0.15) is 0 Å². The molecule has 14 rings (SSSR count). The van der Waals surface area contributed by atoms with E-state index < -0.39 is 5.41 Å². The predicted molar refractivity (Wildman–Crippen MR) is 290 cm³/mol. The van der Waals surface area contributed by atoms with Crippen LogP contribution in [0.25, 0.3) is 66.4 Å². The fourth-order valence-corrected chi connectivity index (χ4v) is 11.8. The highest BCUT2D eigenvalue weighted by Crippen LogP contribution is 2.64. The summed E-state index contributed by atoms with van der Waals surface area (Å²) in [5.41, 5.74) is 22.1. The van der Waals surface area contributed by atoms with Crippen LogP contribution < -0.4 is 9.80 Å². The maximum absolute atomic E-state index is 6.79. The first-order valence-electron chi connectivity index (χ1n) is 24.1. The van der Waals surface area contributed by atoms with Gasteiger partial charge < -0.3 is 14.2 Å². The first kappa shape index (κ1) is 39.9. The molecule has 0 bridgehead atoms. The summed E-state index contributed by atoms with van der Waals surface area (Å²) in [6.45, 7) is 0. The summed E-state index contributed by atoms with van der Waals surface area (Å²) in [4.78, 5) is 4.94. The Kier molecular flexibility index (Phi) is 9.11. The summed E-state index contributed by atoms with van der Waals surface area (Å²) in [5.74, 6) is 0. The minimum atomic E-state index is -0.630. The summed E-state index contributed by atoms with van der Waals surface area (Å²) in [6, 6.07) is 97.4. The van der Waals surface area contributed by atoms with Crippen molar-refractivity contribution >= 4 is 56.1 Å². The zero-order valence-corrected chi connectivity index (χ0v) is 38.2. The number of fused-ring (bicyclic) bond motifs is 12. The quantitative estimate of drug-likeness (QED) is 0.159. The van der Waals surface area contributed by atoms with Crippen LogP contribution in [0.15, 0.2) is 271 Å². The van der Waals surface area contributed by atoms with Gasteiger partial charge in [-0.25, -0.2) is 0 Å². The average Bonchev–Trinajstić information content (AvgIpc) is 3.96. The van der Waals surface area contributed by atoms with Crippen molar-refractivity contribution in [1.82, 2.24) is 0 Å². The largest absolute Gasteiger partial charge is 0.455 e. The lowest BCUT2D eigenvalue weighted by atomic mass is 9.64. The number of anilines is 6. The minimum Gasteiger partial charge on any atom is -0.455 e. The van der Waals surface area contributed by atoms with Crippen molar-refractivity contribution in [2.45, 2.75) is 5.41 Å². The van der Waals surface area contributed by atoms with Gasteiger partial charge in [-0.3, -0.25) is 0 Å². The van der Waals surface area contributed by atoms with Gasteiger partial charge in [-0.1, -0.05) is 206 Å². The molecule has 2 heterocycles. The number of rotatable bonds is 7. The number of nitrogens with zero attached hydrogens (tertiary/aromatic N) is 2. The van der Waals surface area contributed by atoms with Gasteiger partial charge in [0.25, 0.3) is 0 Å². The summed E-state index contributed by atoms with van der Waals surface area (Å²) >= 11 is 0. The third kappa shape index (κ3) is 5.95. The fraction of sp³-hybridized carbons (Fsp3) is 0.0149. The van der Waals surface area contributed by atoms with Crippen LogP contribution in [-0.4, -0.2) is 0 Å². The molecule has 12 aromatic rings. The number of hydrogen-bond acceptors (Lipinski definition) is 3. The Bertz CT molecular complexity index is 3930. The van der Waals surface area contributed by atoms with Gasteiger partial charge in [-0.05, 0) is 111 Å². The zero-order valence-electron chi connectivity index (χ0n) is 38.2. The maximum atomic E-state index is 6.79. The molecule has 0 saturated heterocycles. The molecule has 2 aliphatic rings.